The number of likely N-dealkylation sites (tertiary alicyclic amines) is 1. The molecular weight excluding hydrogens is 212 g/mol. The molecule has 0 spiro atoms. The molecule has 2 heterocycles. The second kappa shape index (κ2) is 5.65. The van der Waals surface area contributed by atoms with E-state index in [9.17, 15) is 0 Å². The van der Waals surface area contributed by atoms with Crippen molar-refractivity contribution in [3.63, 3.8) is 0 Å². The Kier molecular flexibility index (Phi) is 4.18. The maximum atomic E-state index is 4.52. The highest BCUT2D eigenvalue weighted by molar-refractivity contribution is 5.10. The van der Waals surface area contributed by atoms with Gasteiger partial charge in [0, 0.05) is 26.2 Å². The van der Waals surface area contributed by atoms with Gasteiger partial charge in [-0.2, -0.15) is 5.10 Å². The van der Waals surface area contributed by atoms with E-state index in [0.717, 1.165) is 19.5 Å². The summed E-state index contributed by atoms with van der Waals surface area (Å²) in [5.74, 6) is 0. The Hall–Kier alpha value is -0.870. The van der Waals surface area contributed by atoms with Gasteiger partial charge in [-0.05, 0) is 38.9 Å². The van der Waals surface area contributed by atoms with E-state index in [-0.39, 0.29) is 0 Å². The third-order valence-electron chi connectivity index (χ3n) is 3.69. The van der Waals surface area contributed by atoms with Crippen molar-refractivity contribution in [1.82, 2.24) is 20.0 Å². The van der Waals surface area contributed by atoms with Gasteiger partial charge in [-0.1, -0.05) is 6.92 Å². The minimum Gasteiger partial charge on any atom is -0.318 e. The lowest BCUT2D eigenvalue weighted by Crippen LogP contribution is -2.36. The Balaban J connectivity index is 2.01. The van der Waals surface area contributed by atoms with E-state index in [4.69, 9.17) is 0 Å². The lowest BCUT2D eigenvalue weighted by Gasteiger charge is -2.24. The van der Waals surface area contributed by atoms with Crippen LogP contribution in [0.1, 0.15) is 31.2 Å². The summed E-state index contributed by atoms with van der Waals surface area (Å²) in [6.45, 7) is 5.51. The summed E-state index contributed by atoms with van der Waals surface area (Å²) < 4.78 is 2.04. The predicted molar refractivity (Wildman–Crippen MR) is 69.9 cm³/mol. The van der Waals surface area contributed by atoms with Gasteiger partial charge < -0.3 is 5.32 Å². The molecular formula is C13H24N4. The normalized spacial score (nSPS) is 21.2. The van der Waals surface area contributed by atoms with Gasteiger partial charge in [-0.3, -0.25) is 9.58 Å². The number of aromatic nitrogens is 2. The van der Waals surface area contributed by atoms with Crippen molar-refractivity contribution >= 4 is 0 Å². The molecule has 0 amide bonds. The topological polar surface area (TPSA) is 33.1 Å². The van der Waals surface area contributed by atoms with Crippen LogP contribution >= 0.6 is 0 Å². The molecule has 1 aliphatic heterocycles. The number of likely N-dealkylation sites (N-methyl/N-ethyl adjacent to an activating group) is 1. The molecule has 17 heavy (non-hydrogen) atoms. The molecule has 1 aromatic heterocycles. The van der Waals surface area contributed by atoms with Crippen molar-refractivity contribution in [3.8, 4) is 0 Å². The van der Waals surface area contributed by atoms with E-state index in [0.29, 0.717) is 6.04 Å². The Morgan fingerprint density at radius 1 is 1.53 bits per heavy atom. The molecule has 1 unspecified atom stereocenters. The van der Waals surface area contributed by atoms with Crippen LogP contribution < -0.4 is 5.32 Å². The van der Waals surface area contributed by atoms with Gasteiger partial charge in [0.15, 0.2) is 0 Å². The first-order chi connectivity index (χ1) is 8.24. The molecule has 1 saturated heterocycles. The number of hydrogen-bond donors (Lipinski definition) is 1. The maximum absolute atomic E-state index is 4.52. The van der Waals surface area contributed by atoms with Crippen LogP contribution in [-0.2, 0) is 20.0 Å². The largest absolute Gasteiger partial charge is 0.318 e. The van der Waals surface area contributed by atoms with Crippen LogP contribution in [-0.4, -0.2) is 40.9 Å². The fourth-order valence-corrected chi connectivity index (χ4v) is 2.67. The number of nitrogens with one attached hydrogen (secondary N) is 1. The zero-order valence-electron chi connectivity index (χ0n) is 11.2. The van der Waals surface area contributed by atoms with E-state index in [1.807, 2.05) is 11.7 Å². The lowest BCUT2D eigenvalue weighted by molar-refractivity contribution is 0.236. The quantitative estimate of drug-likeness (QED) is 0.833. The molecule has 0 aliphatic carbocycles. The molecule has 1 aliphatic rings. The molecule has 0 bridgehead atoms. The first kappa shape index (κ1) is 12.6. The molecule has 1 N–H and O–H groups in total. The van der Waals surface area contributed by atoms with Gasteiger partial charge in [0.2, 0.25) is 0 Å². The Labute approximate surface area is 104 Å². The van der Waals surface area contributed by atoms with Crippen LogP contribution in [0, 0.1) is 0 Å². The van der Waals surface area contributed by atoms with Crippen LogP contribution in [0.4, 0.5) is 0 Å². The van der Waals surface area contributed by atoms with E-state index < -0.39 is 0 Å². The second-order valence-electron chi connectivity index (χ2n) is 4.93. The summed E-state index contributed by atoms with van der Waals surface area (Å²) in [6.07, 6.45) is 3.66. The van der Waals surface area contributed by atoms with Crippen molar-refractivity contribution in [2.45, 2.75) is 38.8 Å². The molecule has 4 nitrogen and oxygen atoms in total. The second-order valence-corrected chi connectivity index (χ2v) is 4.93. The minimum atomic E-state index is 0.694. The van der Waals surface area contributed by atoms with Gasteiger partial charge in [-0.15, -0.1) is 0 Å². The third-order valence-corrected chi connectivity index (χ3v) is 3.69. The fourth-order valence-electron chi connectivity index (χ4n) is 2.67. The summed E-state index contributed by atoms with van der Waals surface area (Å²) in [7, 11) is 4.09. The summed E-state index contributed by atoms with van der Waals surface area (Å²) in [5, 5.41) is 7.81. The van der Waals surface area contributed by atoms with Crippen LogP contribution in [0.5, 0.6) is 0 Å². The lowest BCUT2D eigenvalue weighted by atomic mass is 10.2. The average molecular weight is 236 g/mol. The summed E-state index contributed by atoms with van der Waals surface area (Å²) in [4.78, 5) is 2.58. The first-order valence-corrected chi connectivity index (χ1v) is 6.65. The van der Waals surface area contributed by atoms with Gasteiger partial charge in [0.1, 0.15) is 0 Å². The van der Waals surface area contributed by atoms with Gasteiger partial charge in [-0.25, -0.2) is 0 Å². The molecule has 0 radical (unpaired) electrons. The average Bonchev–Trinajstić information content (AvgIpc) is 2.88. The van der Waals surface area contributed by atoms with Crippen LogP contribution in [0.2, 0.25) is 0 Å². The van der Waals surface area contributed by atoms with Gasteiger partial charge in [0.25, 0.3) is 0 Å². The highest BCUT2D eigenvalue weighted by Crippen LogP contribution is 2.19. The number of aryl methyl sites for hydroxylation is 2. The molecule has 2 rings (SSSR count). The molecule has 0 aromatic carbocycles. The Morgan fingerprint density at radius 3 is 3.00 bits per heavy atom. The number of nitrogens with zero attached hydrogens (tertiary/aromatic N) is 3. The zero-order valence-corrected chi connectivity index (χ0v) is 11.2. The maximum Gasteiger partial charge on any atom is 0.0625 e. The zero-order chi connectivity index (χ0) is 12.3. The highest BCUT2D eigenvalue weighted by atomic mass is 15.3. The van der Waals surface area contributed by atoms with Crippen molar-refractivity contribution < 1.29 is 0 Å². The van der Waals surface area contributed by atoms with Crippen molar-refractivity contribution in [1.29, 1.82) is 0 Å². The fraction of sp³-hybridized carbons (Fsp3) is 0.769. The Bertz CT molecular complexity index is 358. The molecule has 0 saturated carbocycles. The molecule has 1 aromatic rings. The minimum absolute atomic E-state index is 0.694. The molecule has 1 fully saturated rings. The number of hydrogen-bond acceptors (Lipinski definition) is 3. The van der Waals surface area contributed by atoms with E-state index in [1.54, 1.807) is 0 Å². The first-order valence-electron chi connectivity index (χ1n) is 6.65. The highest BCUT2D eigenvalue weighted by Gasteiger charge is 2.24. The molecule has 96 valence electrons. The summed E-state index contributed by atoms with van der Waals surface area (Å²) >= 11 is 0. The molecule has 1 atom stereocenters. The van der Waals surface area contributed by atoms with Crippen molar-refractivity contribution in [3.05, 3.63) is 17.5 Å². The van der Waals surface area contributed by atoms with Crippen molar-refractivity contribution in [2.24, 2.45) is 7.05 Å². The van der Waals surface area contributed by atoms with Crippen LogP contribution in [0.15, 0.2) is 6.07 Å². The van der Waals surface area contributed by atoms with Crippen LogP contribution in [0.25, 0.3) is 0 Å². The standard InChI is InChI=1S/C13H24N4/c1-4-11-8-13(16(3)15-11)10-17-7-5-6-12(17)9-14-2/h8,12,14H,4-7,9-10H2,1-3H3. The SMILES string of the molecule is CCc1cc(CN2CCCC2CNC)n(C)n1. The van der Waals surface area contributed by atoms with E-state index in [1.165, 1.54) is 30.8 Å². The smallest absolute Gasteiger partial charge is 0.0625 e. The summed E-state index contributed by atoms with van der Waals surface area (Å²) in [5.41, 5.74) is 2.54. The van der Waals surface area contributed by atoms with Crippen LogP contribution in [0.3, 0.4) is 0 Å². The third kappa shape index (κ3) is 2.87. The number of rotatable bonds is 5. The predicted octanol–water partition coefficient (Wildman–Crippen LogP) is 1.17. The van der Waals surface area contributed by atoms with Crippen molar-refractivity contribution in [2.75, 3.05) is 20.1 Å². The van der Waals surface area contributed by atoms with E-state index in [2.05, 4.69) is 35.4 Å². The van der Waals surface area contributed by atoms with E-state index >= 15 is 0 Å². The summed E-state index contributed by atoms with van der Waals surface area (Å²) in [6, 6.07) is 2.94. The monoisotopic (exact) mass is 236 g/mol. The Morgan fingerprint density at radius 2 is 2.35 bits per heavy atom. The molecule has 4 heteroatoms. The van der Waals surface area contributed by atoms with Gasteiger partial charge >= 0.3 is 0 Å². The van der Waals surface area contributed by atoms with Gasteiger partial charge in [0.05, 0.1) is 11.4 Å².